The first-order valence-corrected chi connectivity index (χ1v) is 7.40. The molecule has 0 bridgehead atoms. The molecule has 0 aliphatic carbocycles. The maximum Gasteiger partial charge on any atom is 0.0740 e. The fraction of sp³-hybridized carbons (Fsp3) is 0.778. The van der Waals surface area contributed by atoms with Crippen LogP contribution in [0.15, 0.2) is 12.3 Å². The molecule has 0 atom stereocenters. The molecule has 0 unspecified atom stereocenters. The van der Waals surface area contributed by atoms with Gasteiger partial charge in [0.25, 0.3) is 0 Å². The second-order valence-corrected chi connectivity index (χ2v) is 8.49. The Bertz CT molecular complexity index is 110. The van der Waals surface area contributed by atoms with Crippen molar-refractivity contribution in [1.82, 2.24) is 0 Å². The lowest BCUT2D eigenvalue weighted by molar-refractivity contribution is 0.720. The van der Waals surface area contributed by atoms with Crippen LogP contribution in [0.2, 0.25) is 18.6 Å². The highest BCUT2D eigenvalue weighted by Gasteiger charge is 2.23. The first-order valence-electron chi connectivity index (χ1n) is 4.40. The number of hydrogen-bond donors (Lipinski definition) is 0. The standard InChI is InChI=1S/C9H18Si/c1-3-10(2)8-6-4-5-7-9-10/h3H,1,4-9H2,2H3. The molecule has 1 rings (SSSR count). The van der Waals surface area contributed by atoms with E-state index in [0.717, 1.165) is 0 Å². The van der Waals surface area contributed by atoms with Gasteiger partial charge in [-0.05, 0) is 0 Å². The Morgan fingerprint density at radius 2 is 1.60 bits per heavy atom. The Kier molecular flexibility index (Phi) is 2.72. The molecule has 1 fully saturated rings. The van der Waals surface area contributed by atoms with Crippen LogP contribution >= 0.6 is 0 Å². The zero-order valence-electron chi connectivity index (χ0n) is 7.03. The van der Waals surface area contributed by atoms with Gasteiger partial charge in [0.2, 0.25) is 0 Å². The molecule has 1 aliphatic rings. The van der Waals surface area contributed by atoms with Crippen LogP contribution in [-0.2, 0) is 0 Å². The van der Waals surface area contributed by atoms with Crippen molar-refractivity contribution in [2.24, 2.45) is 0 Å². The molecule has 0 N–H and O–H groups in total. The Balaban J connectivity index is 2.48. The first-order chi connectivity index (χ1) is 4.77. The Morgan fingerprint density at radius 3 is 2.00 bits per heavy atom. The minimum absolute atomic E-state index is 0.897. The summed E-state index contributed by atoms with van der Waals surface area (Å²) in [5.74, 6) is 0. The van der Waals surface area contributed by atoms with Crippen LogP contribution in [0.3, 0.4) is 0 Å². The van der Waals surface area contributed by atoms with Crippen LogP contribution in [0.4, 0.5) is 0 Å². The van der Waals surface area contributed by atoms with Crippen molar-refractivity contribution in [2.45, 2.75) is 44.3 Å². The predicted octanol–water partition coefficient (Wildman–Crippen LogP) is 3.36. The van der Waals surface area contributed by atoms with E-state index in [2.05, 4.69) is 18.8 Å². The van der Waals surface area contributed by atoms with Gasteiger partial charge in [-0.25, -0.2) is 0 Å². The minimum Gasteiger partial charge on any atom is -0.107 e. The molecular weight excluding hydrogens is 136 g/mol. The van der Waals surface area contributed by atoms with Gasteiger partial charge in [-0.15, -0.1) is 12.3 Å². The van der Waals surface area contributed by atoms with Crippen molar-refractivity contribution in [3.8, 4) is 0 Å². The van der Waals surface area contributed by atoms with Crippen LogP contribution in [0.1, 0.15) is 25.7 Å². The van der Waals surface area contributed by atoms with Gasteiger partial charge >= 0.3 is 0 Å². The summed E-state index contributed by atoms with van der Waals surface area (Å²) in [5, 5.41) is 0. The fourth-order valence-electron chi connectivity index (χ4n) is 1.74. The van der Waals surface area contributed by atoms with E-state index in [0.29, 0.717) is 0 Å². The van der Waals surface area contributed by atoms with E-state index in [9.17, 15) is 0 Å². The van der Waals surface area contributed by atoms with Gasteiger partial charge in [0.1, 0.15) is 0 Å². The monoisotopic (exact) mass is 154 g/mol. The van der Waals surface area contributed by atoms with Crippen LogP contribution in [0.25, 0.3) is 0 Å². The van der Waals surface area contributed by atoms with Crippen molar-refractivity contribution >= 4 is 8.07 Å². The van der Waals surface area contributed by atoms with Crippen LogP contribution < -0.4 is 0 Å². The van der Waals surface area contributed by atoms with Crippen LogP contribution in [0, 0.1) is 0 Å². The molecule has 0 saturated carbocycles. The zero-order chi connectivity index (χ0) is 7.45. The van der Waals surface area contributed by atoms with Gasteiger partial charge in [0.05, 0.1) is 8.07 Å². The lowest BCUT2D eigenvalue weighted by Crippen LogP contribution is -2.25. The number of hydrogen-bond acceptors (Lipinski definition) is 0. The van der Waals surface area contributed by atoms with E-state index in [1.165, 1.54) is 37.8 Å². The second kappa shape index (κ2) is 3.38. The quantitative estimate of drug-likeness (QED) is 0.508. The van der Waals surface area contributed by atoms with Gasteiger partial charge in [-0.1, -0.05) is 44.3 Å². The van der Waals surface area contributed by atoms with Crippen LogP contribution in [-0.4, -0.2) is 8.07 Å². The highest BCUT2D eigenvalue weighted by atomic mass is 28.3. The lowest BCUT2D eigenvalue weighted by atomic mass is 10.2. The molecule has 0 aromatic carbocycles. The highest BCUT2D eigenvalue weighted by molar-refractivity contribution is 6.83. The highest BCUT2D eigenvalue weighted by Crippen LogP contribution is 2.27. The molecule has 1 heterocycles. The van der Waals surface area contributed by atoms with E-state index >= 15 is 0 Å². The zero-order valence-corrected chi connectivity index (χ0v) is 8.03. The summed E-state index contributed by atoms with van der Waals surface area (Å²) < 4.78 is 0. The van der Waals surface area contributed by atoms with Gasteiger partial charge < -0.3 is 0 Å². The summed E-state index contributed by atoms with van der Waals surface area (Å²) in [4.78, 5) is 0. The smallest absolute Gasteiger partial charge is 0.0740 e. The van der Waals surface area contributed by atoms with Gasteiger partial charge in [-0.2, -0.15) is 0 Å². The molecule has 1 saturated heterocycles. The third-order valence-corrected chi connectivity index (χ3v) is 6.72. The Labute approximate surface area is 65.3 Å². The lowest BCUT2D eigenvalue weighted by Gasteiger charge is -2.19. The molecule has 0 radical (unpaired) electrons. The molecular formula is C9H18Si. The maximum atomic E-state index is 3.96. The SMILES string of the molecule is C=C[Si]1(C)CCCCCC1. The van der Waals surface area contributed by atoms with Crippen LogP contribution in [0.5, 0.6) is 0 Å². The molecule has 1 heteroatoms. The summed E-state index contributed by atoms with van der Waals surface area (Å²) in [6.45, 7) is 6.44. The average molecular weight is 154 g/mol. The van der Waals surface area contributed by atoms with Crippen molar-refractivity contribution in [1.29, 1.82) is 0 Å². The predicted molar refractivity (Wildman–Crippen MR) is 49.9 cm³/mol. The third-order valence-electron chi connectivity index (χ3n) is 2.74. The summed E-state index contributed by atoms with van der Waals surface area (Å²) >= 11 is 0. The van der Waals surface area contributed by atoms with Crippen molar-refractivity contribution in [2.75, 3.05) is 0 Å². The Morgan fingerprint density at radius 1 is 1.10 bits per heavy atom. The van der Waals surface area contributed by atoms with Crippen molar-refractivity contribution < 1.29 is 0 Å². The van der Waals surface area contributed by atoms with E-state index in [4.69, 9.17) is 0 Å². The van der Waals surface area contributed by atoms with E-state index in [1.807, 2.05) is 0 Å². The van der Waals surface area contributed by atoms with Crippen molar-refractivity contribution in [3.63, 3.8) is 0 Å². The fourth-order valence-corrected chi connectivity index (χ4v) is 4.51. The normalized spacial score (nSPS) is 25.3. The van der Waals surface area contributed by atoms with Gasteiger partial charge in [0, 0.05) is 0 Å². The molecule has 0 amide bonds. The first kappa shape index (κ1) is 8.06. The summed E-state index contributed by atoms with van der Waals surface area (Å²) in [5.41, 5.74) is 2.29. The van der Waals surface area contributed by atoms with E-state index in [-0.39, 0.29) is 0 Å². The molecule has 58 valence electrons. The molecule has 1 aliphatic heterocycles. The summed E-state index contributed by atoms with van der Waals surface area (Å²) in [6.07, 6.45) is 5.87. The molecule has 10 heavy (non-hydrogen) atoms. The summed E-state index contributed by atoms with van der Waals surface area (Å²) in [7, 11) is -0.897. The third kappa shape index (κ3) is 1.98. The molecule has 0 spiro atoms. The Hall–Kier alpha value is -0.0431. The topological polar surface area (TPSA) is 0 Å². The largest absolute Gasteiger partial charge is 0.107 e. The molecule has 0 aromatic rings. The maximum absolute atomic E-state index is 3.96. The van der Waals surface area contributed by atoms with Gasteiger partial charge in [0.15, 0.2) is 0 Å². The van der Waals surface area contributed by atoms with Gasteiger partial charge in [-0.3, -0.25) is 0 Å². The summed E-state index contributed by atoms with van der Waals surface area (Å²) in [6, 6.07) is 2.99. The molecule has 0 nitrogen and oxygen atoms in total. The average Bonchev–Trinajstić information content (AvgIpc) is 2.15. The van der Waals surface area contributed by atoms with E-state index in [1.54, 1.807) is 0 Å². The minimum atomic E-state index is -0.897. The molecule has 0 aromatic heterocycles. The number of rotatable bonds is 1. The second-order valence-electron chi connectivity index (χ2n) is 3.77. The van der Waals surface area contributed by atoms with E-state index < -0.39 is 8.07 Å². The van der Waals surface area contributed by atoms with Crippen molar-refractivity contribution in [3.05, 3.63) is 12.3 Å².